The predicted octanol–water partition coefficient (Wildman–Crippen LogP) is 1.96. The minimum atomic E-state index is -3.42. The third kappa shape index (κ3) is 2.44. The molecular weight excluding hydrogens is 270 g/mol. The molecule has 0 bridgehead atoms. The van der Waals surface area contributed by atoms with Gasteiger partial charge >= 0.3 is 0 Å². The van der Waals surface area contributed by atoms with E-state index >= 15 is 0 Å². The molecule has 0 saturated heterocycles. The van der Waals surface area contributed by atoms with Crippen molar-refractivity contribution in [1.82, 2.24) is 0 Å². The lowest BCUT2D eigenvalue weighted by Gasteiger charge is -2.12. The van der Waals surface area contributed by atoms with Crippen molar-refractivity contribution in [3.63, 3.8) is 0 Å². The summed E-state index contributed by atoms with van der Waals surface area (Å²) in [5.74, 6) is 0. The molecule has 0 spiro atoms. The normalized spacial score (nSPS) is 16.7. The van der Waals surface area contributed by atoms with Crippen molar-refractivity contribution in [2.45, 2.75) is 36.6 Å². The zero-order chi connectivity index (χ0) is 13.3. The third-order valence-electron chi connectivity index (χ3n) is 3.06. The van der Waals surface area contributed by atoms with Gasteiger partial charge < -0.3 is 11.1 Å². The summed E-state index contributed by atoms with van der Waals surface area (Å²) in [6, 6.07) is 2.23. The van der Waals surface area contributed by atoms with Gasteiger partial charge in [0.2, 0.25) is 0 Å². The highest BCUT2D eigenvalue weighted by atomic mass is 32.2. The summed E-state index contributed by atoms with van der Waals surface area (Å²) >= 11 is 1.12. The maximum Gasteiger partial charge on any atom is 0.180 e. The Morgan fingerprint density at radius 2 is 2.06 bits per heavy atom. The Kier molecular flexibility index (Phi) is 3.50. The summed E-state index contributed by atoms with van der Waals surface area (Å²) in [6.45, 7) is 0. The van der Waals surface area contributed by atoms with Gasteiger partial charge in [-0.25, -0.2) is 8.42 Å². The van der Waals surface area contributed by atoms with Gasteiger partial charge in [0.25, 0.3) is 0 Å². The van der Waals surface area contributed by atoms with E-state index in [1.807, 2.05) is 6.07 Å². The van der Waals surface area contributed by atoms with E-state index in [2.05, 4.69) is 5.32 Å². The van der Waals surface area contributed by atoms with E-state index < -0.39 is 9.84 Å². The van der Waals surface area contributed by atoms with Gasteiger partial charge in [-0.15, -0.1) is 11.3 Å². The lowest BCUT2D eigenvalue weighted by atomic mass is 10.2. The number of nitrogens with zero attached hydrogens (tertiary/aromatic N) is 1. The molecule has 1 heterocycles. The van der Waals surface area contributed by atoms with Gasteiger partial charge in [-0.1, -0.05) is 12.8 Å². The Hall–Kier alpha value is -1.26. The molecule has 1 aromatic rings. The van der Waals surface area contributed by atoms with Gasteiger partial charge in [0, 0.05) is 12.3 Å². The third-order valence-corrected chi connectivity index (χ3v) is 5.40. The van der Waals surface area contributed by atoms with E-state index in [9.17, 15) is 8.42 Å². The van der Waals surface area contributed by atoms with Crippen molar-refractivity contribution in [1.29, 1.82) is 5.26 Å². The number of sulfone groups is 1. The molecule has 7 heteroatoms. The SMILES string of the molecule is CS(=O)(=O)c1c(NC2CCCC2)sc(C#N)c1N. The summed E-state index contributed by atoms with van der Waals surface area (Å²) in [5, 5.41) is 12.7. The van der Waals surface area contributed by atoms with Crippen LogP contribution < -0.4 is 11.1 Å². The number of hydrogen-bond donors (Lipinski definition) is 2. The van der Waals surface area contributed by atoms with Gasteiger partial charge in [0.05, 0.1) is 5.69 Å². The van der Waals surface area contributed by atoms with E-state index in [-0.39, 0.29) is 21.5 Å². The van der Waals surface area contributed by atoms with Gasteiger partial charge in [-0.2, -0.15) is 5.26 Å². The molecule has 1 saturated carbocycles. The highest BCUT2D eigenvalue weighted by Gasteiger charge is 2.26. The van der Waals surface area contributed by atoms with Crippen molar-refractivity contribution < 1.29 is 8.42 Å². The molecule has 0 aromatic carbocycles. The highest BCUT2D eigenvalue weighted by Crippen LogP contribution is 2.40. The Morgan fingerprint density at radius 1 is 1.44 bits per heavy atom. The Bertz CT molecular complexity index is 593. The number of thiophene rings is 1. The minimum absolute atomic E-state index is 0.0745. The zero-order valence-electron chi connectivity index (χ0n) is 10.1. The number of rotatable bonds is 3. The summed E-state index contributed by atoms with van der Waals surface area (Å²) < 4.78 is 23.5. The van der Waals surface area contributed by atoms with Crippen LogP contribution >= 0.6 is 11.3 Å². The van der Waals surface area contributed by atoms with Crippen LogP contribution in [-0.2, 0) is 9.84 Å². The highest BCUT2D eigenvalue weighted by molar-refractivity contribution is 7.91. The first-order valence-electron chi connectivity index (χ1n) is 5.72. The van der Waals surface area contributed by atoms with Crippen LogP contribution in [0.1, 0.15) is 30.6 Å². The van der Waals surface area contributed by atoms with Crippen LogP contribution in [0.25, 0.3) is 0 Å². The van der Waals surface area contributed by atoms with Crippen molar-refractivity contribution in [2.24, 2.45) is 0 Å². The predicted molar refractivity (Wildman–Crippen MR) is 72.4 cm³/mol. The standard InChI is InChI=1S/C11H15N3O2S2/c1-18(15,16)10-9(13)8(6-12)17-11(10)14-7-4-2-3-5-7/h7,14H,2-5,13H2,1H3. The van der Waals surface area contributed by atoms with E-state index in [0.29, 0.717) is 5.00 Å². The Labute approximate surface area is 111 Å². The quantitative estimate of drug-likeness (QED) is 0.885. The summed E-state index contributed by atoms with van der Waals surface area (Å²) in [5.41, 5.74) is 5.82. The van der Waals surface area contributed by atoms with E-state index in [4.69, 9.17) is 11.0 Å². The second-order valence-corrected chi connectivity index (χ2v) is 7.49. The monoisotopic (exact) mass is 285 g/mol. The molecule has 3 N–H and O–H groups in total. The van der Waals surface area contributed by atoms with Crippen molar-refractivity contribution in [3.05, 3.63) is 4.88 Å². The number of nitrogens with one attached hydrogen (secondary N) is 1. The average Bonchev–Trinajstić information content (AvgIpc) is 2.85. The summed E-state index contributed by atoms with van der Waals surface area (Å²) in [4.78, 5) is 0.340. The molecule has 0 amide bonds. The molecule has 1 aliphatic rings. The first-order chi connectivity index (χ1) is 8.43. The zero-order valence-corrected chi connectivity index (χ0v) is 11.7. The van der Waals surface area contributed by atoms with Crippen molar-refractivity contribution >= 4 is 31.9 Å². The first kappa shape index (κ1) is 13.2. The maximum atomic E-state index is 11.8. The van der Waals surface area contributed by atoms with Crippen LogP contribution in [-0.4, -0.2) is 20.7 Å². The molecule has 0 radical (unpaired) electrons. The van der Waals surface area contributed by atoms with Gasteiger partial charge in [0.15, 0.2) is 9.84 Å². The summed E-state index contributed by atoms with van der Waals surface area (Å²) in [7, 11) is -3.42. The van der Waals surface area contributed by atoms with Gasteiger partial charge in [-0.05, 0) is 12.8 Å². The average molecular weight is 285 g/mol. The van der Waals surface area contributed by atoms with Crippen LogP contribution in [0.5, 0.6) is 0 Å². The number of nitrogens with two attached hydrogens (primary N) is 1. The molecule has 1 fully saturated rings. The topological polar surface area (TPSA) is 96.0 Å². The lowest BCUT2D eigenvalue weighted by Crippen LogP contribution is -2.15. The largest absolute Gasteiger partial charge is 0.396 e. The smallest absolute Gasteiger partial charge is 0.180 e. The van der Waals surface area contributed by atoms with Crippen LogP contribution in [0.2, 0.25) is 0 Å². The molecular formula is C11H15N3O2S2. The fourth-order valence-corrected chi connectivity index (χ4v) is 4.66. The van der Waals surface area contributed by atoms with Crippen molar-refractivity contribution in [3.8, 4) is 6.07 Å². The Morgan fingerprint density at radius 3 is 2.56 bits per heavy atom. The van der Waals surface area contributed by atoms with Crippen LogP contribution in [0.15, 0.2) is 4.90 Å². The minimum Gasteiger partial charge on any atom is -0.396 e. The maximum absolute atomic E-state index is 11.8. The van der Waals surface area contributed by atoms with E-state index in [1.165, 1.54) is 0 Å². The molecule has 1 aromatic heterocycles. The van der Waals surface area contributed by atoms with Gasteiger partial charge in [-0.3, -0.25) is 0 Å². The fraction of sp³-hybridized carbons (Fsp3) is 0.545. The molecule has 2 rings (SSSR count). The second kappa shape index (κ2) is 4.78. The molecule has 1 aliphatic carbocycles. The molecule has 18 heavy (non-hydrogen) atoms. The van der Waals surface area contributed by atoms with Crippen LogP contribution in [0.4, 0.5) is 10.7 Å². The second-order valence-electron chi connectivity index (χ2n) is 4.51. The van der Waals surface area contributed by atoms with E-state index in [1.54, 1.807) is 0 Å². The lowest BCUT2D eigenvalue weighted by molar-refractivity contribution is 0.602. The molecule has 0 atom stereocenters. The van der Waals surface area contributed by atoms with Crippen LogP contribution in [0, 0.1) is 11.3 Å². The first-order valence-corrected chi connectivity index (χ1v) is 8.43. The molecule has 5 nitrogen and oxygen atoms in total. The molecule has 0 unspecified atom stereocenters. The number of nitriles is 1. The van der Waals surface area contributed by atoms with E-state index in [0.717, 1.165) is 43.3 Å². The number of nitrogen functional groups attached to an aromatic ring is 1. The molecule has 98 valence electrons. The van der Waals surface area contributed by atoms with Crippen LogP contribution in [0.3, 0.4) is 0 Å². The molecule has 0 aliphatic heterocycles. The van der Waals surface area contributed by atoms with Crippen molar-refractivity contribution in [2.75, 3.05) is 17.3 Å². The summed E-state index contributed by atoms with van der Waals surface area (Å²) in [6.07, 6.45) is 5.48. The number of anilines is 2. The Balaban J connectivity index is 2.43. The fourth-order valence-electron chi connectivity index (χ4n) is 2.23. The number of hydrogen-bond acceptors (Lipinski definition) is 6. The van der Waals surface area contributed by atoms with Gasteiger partial charge in [0.1, 0.15) is 20.8 Å².